The molecular formula is C18H28IN3O3. The van der Waals surface area contributed by atoms with Crippen molar-refractivity contribution in [3.8, 4) is 0 Å². The van der Waals surface area contributed by atoms with Crippen molar-refractivity contribution in [1.29, 1.82) is 0 Å². The maximum Gasteiger partial charge on any atom is 0.191 e. The Morgan fingerprint density at radius 3 is 2.40 bits per heavy atom. The van der Waals surface area contributed by atoms with Gasteiger partial charge in [-0.25, -0.2) is 4.99 Å². The van der Waals surface area contributed by atoms with E-state index in [9.17, 15) is 5.11 Å². The molecule has 2 aromatic rings. The maximum absolute atomic E-state index is 10.6. The number of nitrogens with zero attached hydrogens (tertiary/aromatic N) is 1. The SMILES string of the molecule is CCNC(=NCc1cc(C)oc1C)NCC(C)(O)c1ccc(C)o1.I. The number of furan rings is 2. The standard InChI is InChI=1S/C18H27N3O3.HI/c1-6-19-17(20-10-15-9-13(3)23-14(15)4)21-11-18(5,22)16-8-7-12(2)24-16;/h7-9,22H,6,10-11H2,1-5H3,(H2,19,20,21);1H. The highest BCUT2D eigenvalue weighted by Crippen LogP contribution is 2.22. The van der Waals surface area contributed by atoms with Gasteiger partial charge in [0.15, 0.2) is 5.96 Å². The molecule has 1 atom stereocenters. The predicted molar refractivity (Wildman–Crippen MR) is 109 cm³/mol. The van der Waals surface area contributed by atoms with Crippen molar-refractivity contribution in [3.63, 3.8) is 0 Å². The van der Waals surface area contributed by atoms with Gasteiger partial charge in [-0.15, -0.1) is 24.0 Å². The Labute approximate surface area is 166 Å². The second kappa shape index (κ2) is 9.28. The molecule has 2 rings (SSSR count). The molecule has 2 heterocycles. The monoisotopic (exact) mass is 461 g/mol. The van der Waals surface area contributed by atoms with Crippen LogP contribution in [0.15, 0.2) is 32.0 Å². The summed E-state index contributed by atoms with van der Waals surface area (Å²) in [5.74, 6) is 3.71. The van der Waals surface area contributed by atoms with Gasteiger partial charge in [-0.3, -0.25) is 0 Å². The molecule has 0 spiro atoms. The number of nitrogens with one attached hydrogen (secondary N) is 2. The highest BCUT2D eigenvalue weighted by molar-refractivity contribution is 14.0. The van der Waals surface area contributed by atoms with Crippen LogP contribution in [0.2, 0.25) is 0 Å². The Balaban J connectivity index is 0.00000312. The Morgan fingerprint density at radius 2 is 1.88 bits per heavy atom. The van der Waals surface area contributed by atoms with Crippen LogP contribution in [0.25, 0.3) is 0 Å². The second-order valence-electron chi connectivity index (χ2n) is 6.17. The van der Waals surface area contributed by atoms with Crippen molar-refractivity contribution in [2.45, 2.75) is 46.8 Å². The third kappa shape index (κ3) is 6.07. The van der Waals surface area contributed by atoms with Gasteiger partial charge in [0.1, 0.15) is 28.6 Å². The van der Waals surface area contributed by atoms with E-state index in [1.165, 1.54) is 0 Å². The molecule has 0 amide bonds. The van der Waals surface area contributed by atoms with Crippen LogP contribution in [-0.4, -0.2) is 24.2 Å². The summed E-state index contributed by atoms with van der Waals surface area (Å²) in [4.78, 5) is 4.55. The third-order valence-corrected chi connectivity index (χ3v) is 3.77. The summed E-state index contributed by atoms with van der Waals surface area (Å²) >= 11 is 0. The van der Waals surface area contributed by atoms with Crippen LogP contribution in [0, 0.1) is 20.8 Å². The van der Waals surface area contributed by atoms with Crippen LogP contribution in [0.1, 0.15) is 42.5 Å². The molecule has 0 aliphatic heterocycles. The molecule has 0 fully saturated rings. The second-order valence-corrected chi connectivity index (χ2v) is 6.17. The minimum absolute atomic E-state index is 0. The van der Waals surface area contributed by atoms with Crippen molar-refractivity contribution in [1.82, 2.24) is 10.6 Å². The summed E-state index contributed by atoms with van der Waals surface area (Å²) in [6, 6.07) is 5.62. The van der Waals surface area contributed by atoms with Gasteiger partial charge in [-0.1, -0.05) is 0 Å². The van der Waals surface area contributed by atoms with E-state index in [-0.39, 0.29) is 30.5 Å². The number of aryl methyl sites for hydroxylation is 3. The van der Waals surface area contributed by atoms with Gasteiger partial charge >= 0.3 is 0 Å². The van der Waals surface area contributed by atoms with Crippen molar-refractivity contribution in [2.24, 2.45) is 4.99 Å². The first-order chi connectivity index (χ1) is 11.3. The largest absolute Gasteiger partial charge is 0.466 e. The number of aliphatic imine (C=N–C) groups is 1. The van der Waals surface area contributed by atoms with E-state index in [0.29, 0.717) is 18.3 Å². The number of hydrogen-bond donors (Lipinski definition) is 3. The molecule has 0 aliphatic rings. The molecule has 0 aliphatic carbocycles. The van der Waals surface area contributed by atoms with Gasteiger partial charge in [0.2, 0.25) is 0 Å². The molecule has 25 heavy (non-hydrogen) atoms. The highest BCUT2D eigenvalue weighted by Gasteiger charge is 2.27. The fourth-order valence-corrected chi connectivity index (χ4v) is 2.41. The maximum atomic E-state index is 10.6. The van der Waals surface area contributed by atoms with Gasteiger partial charge in [0, 0.05) is 12.1 Å². The quantitative estimate of drug-likeness (QED) is 0.349. The lowest BCUT2D eigenvalue weighted by atomic mass is 10.0. The third-order valence-electron chi connectivity index (χ3n) is 3.77. The normalized spacial score (nSPS) is 13.9. The van der Waals surface area contributed by atoms with Gasteiger partial charge < -0.3 is 24.6 Å². The highest BCUT2D eigenvalue weighted by atomic mass is 127. The summed E-state index contributed by atoms with van der Waals surface area (Å²) in [5.41, 5.74) is -0.0646. The van der Waals surface area contributed by atoms with E-state index in [2.05, 4.69) is 15.6 Å². The number of aliphatic hydroxyl groups is 1. The van der Waals surface area contributed by atoms with Crippen LogP contribution >= 0.6 is 24.0 Å². The number of guanidine groups is 1. The first-order valence-electron chi connectivity index (χ1n) is 8.19. The molecule has 6 nitrogen and oxygen atoms in total. The van der Waals surface area contributed by atoms with Gasteiger partial charge in [-0.2, -0.15) is 0 Å². The summed E-state index contributed by atoms with van der Waals surface area (Å²) < 4.78 is 11.0. The Morgan fingerprint density at radius 1 is 1.16 bits per heavy atom. The van der Waals surface area contributed by atoms with E-state index >= 15 is 0 Å². The van der Waals surface area contributed by atoms with E-state index < -0.39 is 5.60 Å². The van der Waals surface area contributed by atoms with Crippen molar-refractivity contribution in [3.05, 3.63) is 46.8 Å². The molecule has 0 bridgehead atoms. The van der Waals surface area contributed by atoms with Crippen LogP contribution in [0.4, 0.5) is 0 Å². The molecule has 0 saturated heterocycles. The van der Waals surface area contributed by atoms with Crippen LogP contribution in [0.3, 0.4) is 0 Å². The molecule has 1 unspecified atom stereocenters. The Bertz CT molecular complexity index is 704. The van der Waals surface area contributed by atoms with E-state index in [1.54, 1.807) is 13.0 Å². The lowest BCUT2D eigenvalue weighted by Gasteiger charge is -2.22. The average Bonchev–Trinajstić information content (AvgIpc) is 3.08. The molecular weight excluding hydrogens is 433 g/mol. The smallest absolute Gasteiger partial charge is 0.191 e. The first-order valence-corrected chi connectivity index (χ1v) is 8.19. The molecule has 0 saturated carbocycles. The summed E-state index contributed by atoms with van der Waals surface area (Å²) in [6.45, 7) is 11.0. The first kappa shape index (κ1) is 21.6. The van der Waals surface area contributed by atoms with Gasteiger partial charge in [0.25, 0.3) is 0 Å². The average molecular weight is 461 g/mol. The van der Waals surface area contributed by atoms with Crippen molar-refractivity contribution in [2.75, 3.05) is 13.1 Å². The van der Waals surface area contributed by atoms with E-state index in [0.717, 1.165) is 29.4 Å². The van der Waals surface area contributed by atoms with E-state index in [1.807, 2.05) is 39.8 Å². The van der Waals surface area contributed by atoms with Crippen LogP contribution in [0.5, 0.6) is 0 Å². The predicted octanol–water partition coefficient (Wildman–Crippen LogP) is 3.38. The topological polar surface area (TPSA) is 82.9 Å². The Hall–Kier alpha value is -1.48. The number of rotatable bonds is 6. The zero-order valence-corrected chi connectivity index (χ0v) is 17.8. The fourth-order valence-electron chi connectivity index (χ4n) is 2.41. The Kier molecular flexibility index (Phi) is 8.01. The molecule has 7 heteroatoms. The minimum atomic E-state index is -1.12. The van der Waals surface area contributed by atoms with Crippen LogP contribution in [-0.2, 0) is 12.1 Å². The molecule has 0 radical (unpaired) electrons. The number of halogens is 1. The van der Waals surface area contributed by atoms with E-state index in [4.69, 9.17) is 8.83 Å². The number of hydrogen-bond acceptors (Lipinski definition) is 4. The van der Waals surface area contributed by atoms with Crippen molar-refractivity contribution >= 4 is 29.9 Å². The van der Waals surface area contributed by atoms with Gasteiger partial charge in [0.05, 0.1) is 13.1 Å². The molecule has 2 aromatic heterocycles. The lowest BCUT2D eigenvalue weighted by Crippen LogP contribution is -2.44. The molecule has 3 N–H and O–H groups in total. The summed E-state index contributed by atoms with van der Waals surface area (Å²) in [6.07, 6.45) is 0. The van der Waals surface area contributed by atoms with Gasteiger partial charge in [-0.05, 0) is 52.8 Å². The zero-order chi connectivity index (χ0) is 17.7. The summed E-state index contributed by atoms with van der Waals surface area (Å²) in [5, 5.41) is 16.9. The molecule has 140 valence electrons. The minimum Gasteiger partial charge on any atom is -0.466 e. The fraction of sp³-hybridized carbons (Fsp3) is 0.500. The summed E-state index contributed by atoms with van der Waals surface area (Å²) in [7, 11) is 0. The van der Waals surface area contributed by atoms with Crippen molar-refractivity contribution < 1.29 is 13.9 Å². The zero-order valence-electron chi connectivity index (χ0n) is 15.5. The lowest BCUT2D eigenvalue weighted by molar-refractivity contribution is 0.0378. The molecule has 0 aromatic carbocycles. The van der Waals surface area contributed by atoms with Crippen LogP contribution < -0.4 is 10.6 Å².